The van der Waals surface area contributed by atoms with Crippen molar-refractivity contribution in [2.24, 2.45) is 0 Å². The fraction of sp³-hybridized carbons (Fsp3) is 0.0526. The van der Waals surface area contributed by atoms with E-state index in [0.29, 0.717) is 0 Å². The summed E-state index contributed by atoms with van der Waals surface area (Å²) < 4.78 is 1.11. The Hall–Kier alpha value is -4.11. The summed E-state index contributed by atoms with van der Waals surface area (Å²) in [6.45, 7) is 4.32. The largest absolute Gasteiger partial charge is 0.310 e. The summed E-state index contributed by atoms with van der Waals surface area (Å²) in [6.07, 6.45) is 0. The van der Waals surface area contributed by atoms with E-state index < -0.39 is 0 Å². The topological polar surface area (TPSA) is 3.24 Å². The summed E-state index contributed by atoms with van der Waals surface area (Å²) >= 11 is 9.75. The highest BCUT2D eigenvalue weighted by Crippen LogP contribution is 2.39. The minimum atomic E-state index is 0.751. The lowest BCUT2D eigenvalue weighted by Crippen LogP contribution is -2.10. The maximum Gasteiger partial charge on any atom is 0.0465 e. The van der Waals surface area contributed by atoms with Crippen LogP contribution in [0.25, 0.3) is 33.4 Å². The number of halogens is 2. The standard InChI is InChI=1S/C38H29BrClN/c1-26-24-35(20-22-37(26)32-10-8-29(9-11-32)30-12-16-33(40)17-13-30)41(36-21-23-38(39)27(2)25-36)34-18-14-31(15-19-34)28-6-4-3-5-7-28/h3-25H,1-2H3. The quantitative estimate of drug-likeness (QED) is 0.180. The number of rotatable bonds is 6. The summed E-state index contributed by atoms with van der Waals surface area (Å²) in [7, 11) is 0. The van der Waals surface area contributed by atoms with E-state index in [1.54, 1.807) is 0 Å². The molecule has 0 atom stereocenters. The van der Waals surface area contributed by atoms with Gasteiger partial charge in [-0.25, -0.2) is 0 Å². The lowest BCUT2D eigenvalue weighted by Gasteiger charge is -2.27. The van der Waals surface area contributed by atoms with Crippen LogP contribution in [-0.2, 0) is 0 Å². The van der Waals surface area contributed by atoms with Gasteiger partial charge in [-0.3, -0.25) is 0 Å². The van der Waals surface area contributed by atoms with Crippen molar-refractivity contribution in [2.75, 3.05) is 4.90 Å². The zero-order chi connectivity index (χ0) is 28.3. The molecule has 1 nitrogen and oxygen atoms in total. The van der Waals surface area contributed by atoms with Crippen LogP contribution in [0.2, 0.25) is 5.02 Å². The minimum absolute atomic E-state index is 0.751. The second-order valence-electron chi connectivity index (χ2n) is 10.3. The molecule has 0 N–H and O–H groups in total. The van der Waals surface area contributed by atoms with E-state index in [-0.39, 0.29) is 0 Å². The van der Waals surface area contributed by atoms with Crippen molar-refractivity contribution in [2.45, 2.75) is 13.8 Å². The monoisotopic (exact) mass is 613 g/mol. The van der Waals surface area contributed by atoms with Crippen LogP contribution >= 0.6 is 27.5 Å². The molecule has 0 fully saturated rings. The lowest BCUT2D eigenvalue weighted by molar-refractivity contribution is 1.26. The molecule has 41 heavy (non-hydrogen) atoms. The highest BCUT2D eigenvalue weighted by molar-refractivity contribution is 9.10. The van der Waals surface area contributed by atoms with E-state index in [0.717, 1.165) is 32.1 Å². The minimum Gasteiger partial charge on any atom is -0.310 e. The molecule has 200 valence electrons. The van der Waals surface area contributed by atoms with Crippen molar-refractivity contribution in [3.05, 3.63) is 160 Å². The molecule has 0 saturated heterocycles. The molecule has 0 saturated carbocycles. The Bertz CT molecular complexity index is 1790. The lowest BCUT2D eigenvalue weighted by atomic mass is 9.96. The van der Waals surface area contributed by atoms with Crippen LogP contribution < -0.4 is 4.90 Å². The summed E-state index contributed by atoms with van der Waals surface area (Å²) in [4.78, 5) is 2.33. The molecule has 0 radical (unpaired) electrons. The van der Waals surface area contributed by atoms with Gasteiger partial charge < -0.3 is 4.90 Å². The first kappa shape index (κ1) is 27.1. The van der Waals surface area contributed by atoms with Crippen molar-refractivity contribution in [3.63, 3.8) is 0 Å². The molecule has 0 aliphatic carbocycles. The van der Waals surface area contributed by atoms with Gasteiger partial charge in [0.05, 0.1) is 0 Å². The van der Waals surface area contributed by atoms with Gasteiger partial charge in [-0.15, -0.1) is 0 Å². The Morgan fingerprint density at radius 3 is 1.51 bits per heavy atom. The Balaban J connectivity index is 1.36. The third-order valence-corrected chi connectivity index (χ3v) is 8.62. The Labute approximate surface area is 255 Å². The first-order valence-electron chi connectivity index (χ1n) is 13.6. The van der Waals surface area contributed by atoms with Gasteiger partial charge in [0.15, 0.2) is 0 Å². The Morgan fingerprint density at radius 1 is 0.463 bits per heavy atom. The third kappa shape index (κ3) is 5.86. The van der Waals surface area contributed by atoms with Crippen LogP contribution in [0.3, 0.4) is 0 Å². The van der Waals surface area contributed by atoms with Crippen LogP contribution in [0.15, 0.2) is 144 Å². The van der Waals surface area contributed by atoms with Crippen molar-refractivity contribution in [1.29, 1.82) is 0 Å². The summed E-state index contributed by atoms with van der Waals surface area (Å²) in [5, 5.41) is 0.751. The molecule has 6 aromatic carbocycles. The van der Waals surface area contributed by atoms with Crippen LogP contribution in [-0.4, -0.2) is 0 Å². The zero-order valence-corrected chi connectivity index (χ0v) is 25.3. The number of benzene rings is 6. The van der Waals surface area contributed by atoms with Crippen LogP contribution in [0, 0.1) is 13.8 Å². The number of hydrogen-bond donors (Lipinski definition) is 0. The van der Waals surface area contributed by atoms with Crippen LogP contribution in [0.4, 0.5) is 17.1 Å². The summed E-state index contributed by atoms with van der Waals surface area (Å²) in [6, 6.07) is 49.3. The van der Waals surface area contributed by atoms with E-state index in [2.05, 4.69) is 162 Å². The number of anilines is 3. The van der Waals surface area contributed by atoms with Crippen molar-refractivity contribution < 1.29 is 0 Å². The summed E-state index contributed by atoms with van der Waals surface area (Å²) in [5.41, 5.74) is 13.0. The average Bonchev–Trinajstić information content (AvgIpc) is 3.01. The maximum atomic E-state index is 6.08. The number of hydrogen-bond acceptors (Lipinski definition) is 1. The molecule has 6 aromatic rings. The molecule has 3 heteroatoms. The number of aryl methyl sites for hydroxylation is 2. The molecule has 0 unspecified atom stereocenters. The van der Waals surface area contributed by atoms with Gasteiger partial charge in [0.1, 0.15) is 0 Å². The predicted octanol–water partition coefficient (Wildman–Crippen LogP) is 12.2. The molecule has 0 heterocycles. The van der Waals surface area contributed by atoms with Gasteiger partial charge in [0.2, 0.25) is 0 Å². The van der Waals surface area contributed by atoms with Crippen molar-refractivity contribution >= 4 is 44.6 Å². The molecule has 0 bridgehead atoms. The third-order valence-electron chi connectivity index (χ3n) is 7.47. The second kappa shape index (κ2) is 11.8. The molecular formula is C38H29BrClN. The van der Waals surface area contributed by atoms with E-state index in [1.807, 2.05) is 12.1 Å². The molecule has 0 aromatic heterocycles. The Morgan fingerprint density at radius 2 is 0.927 bits per heavy atom. The van der Waals surface area contributed by atoms with E-state index >= 15 is 0 Å². The molecule has 0 aliphatic rings. The van der Waals surface area contributed by atoms with Crippen molar-refractivity contribution in [1.82, 2.24) is 0 Å². The van der Waals surface area contributed by atoms with E-state index in [9.17, 15) is 0 Å². The Kier molecular flexibility index (Phi) is 7.78. The van der Waals surface area contributed by atoms with Crippen LogP contribution in [0.5, 0.6) is 0 Å². The second-order valence-corrected chi connectivity index (χ2v) is 11.6. The zero-order valence-electron chi connectivity index (χ0n) is 23.0. The normalized spacial score (nSPS) is 10.9. The molecule has 0 spiro atoms. The highest BCUT2D eigenvalue weighted by atomic mass is 79.9. The first-order chi connectivity index (χ1) is 20.0. The molecule has 0 amide bonds. The van der Waals surface area contributed by atoms with E-state index in [1.165, 1.54) is 38.9 Å². The van der Waals surface area contributed by atoms with Gasteiger partial charge in [-0.1, -0.05) is 112 Å². The first-order valence-corrected chi connectivity index (χ1v) is 14.8. The number of nitrogens with zero attached hydrogens (tertiary/aromatic N) is 1. The molecular weight excluding hydrogens is 586 g/mol. The molecule has 6 rings (SSSR count). The van der Waals surface area contributed by atoms with Gasteiger partial charge in [-0.2, -0.15) is 0 Å². The fourth-order valence-corrected chi connectivity index (χ4v) is 5.62. The SMILES string of the molecule is Cc1cc(N(c2ccc(-c3ccccc3)cc2)c2ccc(-c3ccc(-c4ccc(Cl)cc4)cc3)c(C)c2)ccc1Br. The highest BCUT2D eigenvalue weighted by Gasteiger charge is 2.15. The van der Waals surface area contributed by atoms with E-state index in [4.69, 9.17) is 11.6 Å². The average molecular weight is 615 g/mol. The van der Waals surface area contributed by atoms with Gasteiger partial charge in [-0.05, 0) is 113 Å². The van der Waals surface area contributed by atoms with Crippen LogP contribution in [0.1, 0.15) is 11.1 Å². The summed E-state index contributed by atoms with van der Waals surface area (Å²) in [5.74, 6) is 0. The van der Waals surface area contributed by atoms with Gasteiger partial charge >= 0.3 is 0 Å². The maximum absolute atomic E-state index is 6.08. The fourth-order valence-electron chi connectivity index (χ4n) is 5.24. The smallest absolute Gasteiger partial charge is 0.0465 e. The van der Waals surface area contributed by atoms with Crippen molar-refractivity contribution in [3.8, 4) is 33.4 Å². The predicted molar refractivity (Wildman–Crippen MR) is 180 cm³/mol. The molecule has 0 aliphatic heterocycles. The van der Waals surface area contributed by atoms with Gasteiger partial charge in [0.25, 0.3) is 0 Å². The van der Waals surface area contributed by atoms with Gasteiger partial charge in [0, 0.05) is 26.6 Å².